The van der Waals surface area contributed by atoms with Crippen molar-refractivity contribution in [2.24, 2.45) is 5.41 Å². The molecule has 1 saturated carbocycles. The van der Waals surface area contributed by atoms with Crippen molar-refractivity contribution in [3.8, 4) is 0 Å². The van der Waals surface area contributed by atoms with Crippen LogP contribution >= 0.6 is 0 Å². The Hall–Kier alpha value is -0.0800. The van der Waals surface area contributed by atoms with Gasteiger partial charge in [0.2, 0.25) is 0 Å². The standard InChI is InChI=1S/C15H32N2/c1-6-14(2,3)17(5)13-15(12-16-4)10-8-7-9-11-15/h16H,6-13H2,1-5H3. The molecule has 0 aromatic carbocycles. The first-order chi connectivity index (χ1) is 7.96. The van der Waals surface area contributed by atoms with Crippen molar-refractivity contribution in [3.63, 3.8) is 0 Å². The predicted octanol–water partition coefficient (Wildman–Crippen LogP) is 3.28. The van der Waals surface area contributed by atoms with Crippen molar-refractivity contribution in [3.05, 3.63) is 0 Å². The van der Waals surface area contributed by atoms with Gasteiger partial charge < -0.3 is 10.2 Å². The molecule has 0 atom stereocenters. The van der Waals surface area contributed by atoms with Crippen molar-refractivity contribution in [1.29, 1.82) is 0 Å². The highest BCUT2D eigenvalue weighted by molar-refractivity contribution is 4.90. The Morgan fingerprint density at radius 2 is 1.76 bits per heavy atom. The quantitative estimate of drug-likeness (QED) is 0.766. The Bertz CT molecular complexity index is 211. The Morgan fingerprint density at radius 1 is 1.18 bits per heavy atom. The lowest BCUT2D eigenvalue weighted by Crippen LogP contribution is -2.50. The maximum atomic E-state index is 3.43. The summed E-state index contributed by atoms with van der Waals surface area (Å²) in [4.78, 5) is 2.58. The van der Waals surface area contributed by atoms with Crippen LogP contribution in [0.3, 0.4) is 0 Å². The monoisotopic (exact) mass is 240 g/mol. The minimum atomic E-state index is 0.332. The van der Waals surface area contributed by atoms with Crippen LogP contribution < -0.4 is 5.32 Å². The van der Waals surface area contributed by atoms with Gasteiger partial charge in [-0.3, -0.25) is 0 Å². The van der Waals surface area contributed by atoms with Gasteiger partial charge >= 0.3 is 0 Å². The summed E-state index contributed by atoms with van der Waals surface area (Å²) >= 11 is 0. The molecule has 0 heterocycles. The van der Waals surface area contributed by atoms with Gasteiger partial charge in [-0.25, -0.2) is 0 Å². The van der Waals surface area contributed by atoms with E-state index in [2.05, 4.69) is 45.1 Å². The maximum absolute atomic E-state index is 3.43. The first-order valence-electron chi connectivity index (χ1n) is 7.32. The van der Waals surface area contributed by atoms with Gasteiger partial charge in [0, 0.05) is 18.6 Å². The predicted molar refractivity (Wildman–Crippen MR) is 76.4 cm³/mol. The molecule has 17 heavy (non-hydrogen) atoms. The van der Waals surface area contributed by atoms with E-state index in [4.69, 9.17) is 0 Å². The van der Waals surface area contributed by atoms with Gasteiger partial charge in [0.25, 0.3) is 0 Å². The lowest BCUT2D eigenvalue weighted by molar-refractivity contribution is 0.0575. The van der Waals surface area contributed by atoms with Crippen molar-refractivity contribution in [2.75, 3.05) is 27.2 Å². The zero-order valence-electron chi connectivity index (χ0n) is 12.6. The molecule has 2 heteroatoms. The van der Waals surface area contributed by atoms with Crippen LogP contribution in [0.4, 0.5) is 0 Å². The highest BCUT2D eigenvalue weighted by Gasteiger charge is 2.35. The van der Waals surface area contributed by atoms with Gasteiger partial charge in [0.15, 0.2) is 0 Å². The van der Waals surface area contributed by atoms with Gasteiger partial charge in [0.05, 0.1) is 0 Å². The van der Waals surface area contributed by atoms with Crippen LogP contribution in [0.25, 0.3) is 0 Å². The highest BCUT2D eigenvalue weighted by atomic mass is 15.2. The van der Waals surface area contributed by atoms with Crippen LogP contribution in [0.5, 0.6) is 0 Å². The summed E-state index contributed by atoms with van der Waals surface area (Å²) < 4.78 is 0. The lowest BCUT2D eigenvalue weighted by atomic mass is 9.73. The molecule has 0 bridgehead atoms. The molecule has 0 unspecified atom stereocenters. The summed E-state index contributed by atoms with van der Waals surface area (Å²) in [7, 11) is 4.40. The van der Waals surface area contributed by atoms with Crippen molar-refractivity contribution in [1.82, 2.24) is 10.2 Å². The molecular formula is C15H32N2. The maximum Gasteiger partial charge on any atom is 0.0147 e. The zero-order valence-corrected chi connectivity index (χ0v) is 12.6. The average molecular weight is 240 g/mol. The van der Waals surface area contributed by atoms with Crippen molar-refractivity contribution in [2.45, 2.75) is 64.8 Å². The smallest absolute Gasteiger partial charge is 0.0147 e. The third-order valence-corrected chi connectivity index (χ3v) is 4.94. The molecule has 0 aliphatic heterocycles. The molecule has 0 radical (unpaired) electrons. The fourth-order valence-electron chi connectivity index (χ4n) is 3.05. The summed E-state index contributed by atoms with van der Waals surface area (Å²) in [6, 6.07) is 0. The van der Waals surface area contributed by atoms with E-state index in [-0.39, 0.29) is 0 Å². The fraction of sp³-hybridized carbons (Fsp3) is 1.00. The summed E-state index contributed by atoms with van der Waals surface area (Å²) in [6.45, 7) is 9.44. The Morgan fingerprint density at radius 3 is 2.24 bits per heavy atom. The van der Waals surface area contributed by atoms with Gasteiger partial charge in [-0.05, 0) is 52.6 Å². The second kappa shape index (κ2) is 6.19. The Kier molecular flexibility index (Phi) is 5.46. The summed E-state index contributed by atoms with van der Waals surface area (Å²) in [5, 5.41) is 3.43. The minimum Gasteiger partial charge on any atom is -0.319 e. The van der Waals surface area contributed by atoms with E-state index in [1.165, 1.54) is 51.6 Å². The van der Waals surface area contributed by atoms with E-state index in [9.17, 15) is 0 Å². The third kappa shape index (κ3) is 3.96. The van der Waals surface area contributed by atoms with Gasteiger partial charge in [-0.2, -0.15) is 0 Å². The van der Waals surface area contributed by atoms with Crippen LogP contribution in [0.15, 0.2) is 0 Å². The third-order valence-electron chi connectivity index (χ3n) is 4.94. The molecule has 1 N–H and O–H groups in total. The van der Waals surface area contributed by atoms with Crippen molar-refractivity contribution >= 4 is 0 Å². The average Bonchev–Trinajstić information content (AvgIpc) is 2.30. The second-order valence-electron chi connectivity index (χ2n) is 6.61. The molecule has 102 valence electrons. The second-order valence-corrected chi connectivity index (χ2v) is 6.61. The summed E-state index contributed by atoms with van der Waals surface area (Å²) in [6.07, 6.45) is 8.30. The highest BCUT2D eigenvalue weighted by Crippen LogP contribution is 2.37. The van der Waals surface area contributed by atoms with Crippen LogP contribution in [-0.2, 0) is 0 Å². The number of nitrogens with one attached hydrogen (secondary N) is 1. The van der Waals surface area contributed by atoms with E-state index in [1.807, 2.05) is 0 Å². The Balaban J connectivity index is 2.65. The SMILES string of the molecule is CCC(C)(C)N(C)CC1(CNC)CCCCC1. The normalized spacial score (nSPS) is 20.8. The minimum absolute atomic E-state index is 0.332. The van der Waals surface area contributed by atoms with Crippen LogP contribution in [0.2, 0.25) is 0 Å². The molecule has 1 fully saturated rings. The molecule has 0 aromatic rings. The largest absolute Gasteiger partial charge is 0.319 e. The molecule has 1 aliphatic carbocycles. The molecule has 1 rings (SSSR count). The van der Waals surface area contributed by atoms with E-state index in [1.54, 1.807) is 0 Å². The molecule has 0 aromatic heterocycles. The van der Waals surface area contributed by atoms with Crippen LogP contribution in [0.1, 0.15) is 59.3 Å². The molecule has 0 spiro atoms. The molecule has 0 saturated heterocycles. The van der Waals surface area contributed by atoms with E-state index < -0.39 is 0 Å². The van der Waals surface area contributed by atoms with Gasteiger partial charge in [-0.1, -0.05) is 26.2 Å². The van der Waals surface area contributed by atoms with Crippen LogP contribution in [0, 0.1) is 5.41 Å². The van der Waals surface area contributed by atoms with E-state index in [0.717, 1.165) is 0 Å². The summed E-state index contributed by atoms with van der Waals surface area (Å²) in [5.41, 5.74) is 0.854. The van der Waals surface area contributed by atoms with E-state index in [0.29, 0.717) is 11.0 Å². The first-order valence-corrected chi connectivity index (χ1v) is 7.32. The molecule has 2 nitrogen and oxygen atoms in total. The topological polar surface area (TPSA) is 15.3 Å². The van der Waals surface area contributed by atoms with Crippen molar-refractivity contribution < 1.29 is 0 Å². The van der Waals surface area contributed by atoms with E-state index >= 15 is 0 Å². The molecular weight excluding hydrogens is 208 g/mol. The zero-order chi connectivity index (χ0) is 12.9. The Labute approximate surface area is 108 Å². The summed E-state index contributed by atoms with van der Waals surface area (Å²) in [5.74, 6) is 0. The number of hydrogen-bond acceptors (Lipinski definition) is 2. The van der Waals surface area contributed by atoms with Crippen LogP contribution in [-0.4, -0.2) is 37.6 Å². The number of hydrogen-bond donors (Lipinski definition) is 1. The lowest BCUT2D eigenvalue weighted by Gasteiger charge is -2.45. The van der Waals surface area contributed by atoms with Gasteiger partial charge in [-0.15, -0.1) is 0 Å². The molecule has 1 aliphatic rings. The number of nitrogens with zero attached hydrogens (tertiary/aromatic N) is 1. The molecule has 0 amide bonds. The first kappa shape index (κ1) is 15.0. The fourth-order valence-corrected chi connectivity index (χ4v) is 3.05. The van der Waals surface area contributed by atoms with Gasteiger partial charge in [0.1, 0.15) is 0 Å². The number of rotatable bonds is 6.